The second-order valence-electron chi connectivity index (χ2n) is 7.38. The summed E-state index contributed by atoms with van der Waals surface area (Å²) >= 11 is 0. The van der Waals surface area contributed by atoms with Gasteiger partial charge < -0.3 is 10.2 Å². The number of hydrogen-bond acceptors (Lipinski definition) is 2. The molecule has 1 saturated heterocycles. The molecule has 0 bridgehead atoms. The summed E-state index contributed by atoms with van der Waals surface area (Å²) in [6.45, 7) is 7.47. The van der Waals surface area contributed by atoms with Gasteiger partial charge in [0.15, 0.2) is 0 Å². The van der Waals surface area contributed by atoms with E-state index >= 15 is 0 Å². The van der Waals surface area contributed by atoms with Gasteiger partial charge in [-0.25, -0.2) is 0 Å². The summed E-state index contributed by atoms with van der Waals surface area (Å²) in [5.74, 6) is 1.01. The zero-order chi connectivity index (χ0) is 14.8. The summed E-state index contributed by atoms with van der Waals surface area (Å²) in [5, 5.41) is 3.71. The molecule has 0 spiro atoms. The van der Waals surface area contributed by atoms with Crippen molar-refractivity contribution >= 4 is 0 Å². The summed E-state index contributed by atoms with van der Waals surface area (Å²) in [6.07, 6.45) is 17.4. The molecule has 1 saturated carbocycles. The van der Waals surface area contributed by atoms with E-state index in [-0.39, 0.29) is 0 Å². The molecule has 2 heteroatoms. The van der Waals surface area contributed by atoms with Crippen LogP contribution in [0.3, 0.4) is 0 Å². The van der Waals surface area contributed by atoms with Crippen LogP contribution in [0.1, 0.15) is 84.0 Å². The maximum absolute atomic E-state index is 3.71. The van der Waals surface area contributed by atoms with Gasteiger partial charge in [-0.2, -0.15) is 0 Å². The van der Waals surface area contributed by atoms with Crippen LogP contribution in [0.15, 0.2) is 0 Å². The van der Waals surface area contributed by atoms with Gasteiger partial charge in [-0.05, 0) is 31.7 Å². The van der Waals surface area contributed by atoms with E-state index in [1.807, 2.05) is 0 Å². The van der Waals surface area contributed by atoms with E-state index in [2.05, 4.69) is 17.1 Å². The lowest BCUT2D eigenvalue weighted by Crippen LogP contribution is -2.51. The van der Waals surface area contributed by atoms with E-state index in [1.165, 1.54) is 103 Å². The van der Waals surface area contributed by atoms with Crippen LogP contribution >= 0.6 is 0 Å². The van der Waals surface area contributed by atoms with Gasteiger partial charge in [0.1, 0.15) is 0 Å². The van der Waals surface area contributed by atoms with E-state index in [0.717, 1.165) is 12.0 Å². The van der Waals surface area contributed by atoms with Crippen LogP contribution in [-0.4, -0.2) is 37.1 Å². The van der Waals surface area contributed by atoms with Gasteiger partial charge in [-0.1, -0.05) is 64.7 Å². The predicted molar refractivity (Wildman–Crippen MR) is 92.8 cm³/mol. The molecule has 0 aromatic rings. The third-order valence-corrected chi connectivity index (χ3v) is 5.31. The number of unbranched alkanes of at least 4 members (excludes halogenated alkanes) is 9. The molecule has 21 heavy (non-hydrogen) atoms. The fourth-order valence-electron chi connectivity index (χ4n) is 3.68. The average Bonchev–Trinajstić information content (AvgIpc) is 3.34. The van der Waals surface area contributed by atoms with Crippen molar-refractivity contribution in [3.05, 3.63) is 0 Å². The minimum absolute atomic E-state index is 0.821. The van der Waals surface area contributed by atoms with Crippen LogP contribution in [0, 0.1) is 5.92 Å². The maximum Gasteiger partial charge on any atom is 0.0223 e. The molecule has 2 fully saturated rings. The van der Waals surface area contributed by atoms with Crippen molar-refractivity contribution in [2.45, 2.75) is 90.0 Å². The minimum atomic E-state index is 0.821. The Morgan fingerprint density at radius 1 is 0.857 bits per heavy atom. The molecule has 1 heterocycles. The SMILES string of the molecule is CCCCCCCCCCCCN1CCNC(C2CC2)C1. The molecule has 1 aliphatic carbocycles. The third kappa shape index (κ3) is 7.65. The summed E-state index contributed by atoms with van der Waals surface area (Å²) in [6, 6.07) is 0.821. The highest BCUT2D eigenvalue weighted by Gasteiger charge is 2.33. The molecule has 1 N–H and O–H groups in total. The Balaban J connectivity index is 1.36. The molecule has 0 radical (unpaired) electrons. The third-order valence-electron chi connectivity index (χ3n) is 5.31. The van der Waals surface area contributed by atoms with Crippen molar-refractivity contribution in [3.8, 4) is 0 Å². The first-order valence-electron chi connectivity index (χ1n) is 9.86. The van der Waals surface area contributed by atoms with Crippen LogP contribution < -0.4 is 5.32 Å². The zero-order valence-electron chi connectivity index (χ0n) is 14.4. The topological polar surface area (TPSA) is 15.3 Å². The quantitative estimate of drug-likeness (QED) is 0.530. The van der Waals surface area contributed by atoms with Crippen molar-refractivity contribution < 1.29 is 0 Å². The summed E-state index contributed by atoms with van der Waals surface area (Å²) in [5.41, 5.74) is 0. The first-order valence-corrected chi connectivity index (χ1v) is 9.86. The molecule has 2 rings (SSSR count). The van der Waals surface area contributed by atoms with Gasteiger partial charge in [-0.3, -0.25) is 0 Å². The molecular weight excluding hydrogens is 256 g/mol. The molecule has 1 atom stereocenters. The Hall–Kier alpha value is -0.0800. The summed E-state index contributed by atoms with van der Waals surface area (Å²) < 4.78 is 0. The van der Waals surface area contributed by atoms with Crippen LogP contribution in [0.5, 0.6) is 0 Å². The molecule has 1 aliphatic heterocycles. The Morgan fingerprint density at radius 3 is 2.10 bits per heavy atom. The zero-order valence-corrected chi connectivity index (χ0v) is 14.4. The number of rotatable bonds is 12. The molecule has 0 aromatic heterocycles. The van der Waals surface area contributed by atoms with E-state index in [0.29, 0.717) is 0 Å². The molecule has 1 unspecified atom stereocenters. The van der Waals surface area contributed by atoms with Crippen molar-refractivity contribution in [1.29, 1.82) is 0 Å². The minimum Gasteiger partial charge on any atom is -0.311 e. The van der Waals surface area contributed by atoms with Gasteiger partial charge in [0, 0.05) is 25.7 Å². The van der Waals surface area contributed by atoms with Gasteiger partial charge in [0.05, 0.1) is 0 Å². The van der Waals surface area contributed by atoms with Gasteiger partial charge in [0.25, 0.3) is 0 Å². The lowest BCUT2D eigenvalue weighted by Gasteiger charge is -2.33. The Bertz CT molecular complexity index is 250. The standard InChI is InChI=1S/C19H38N2/c1-2-3-4-5-6-7-8-9-10-11-15-21-16-14-20-19(17-21)18-12-13-18/h18-20H,2-17H2,1H3. The van der Waals surface area contributed by atoms with Crippen LogP contribution in [0.2, 0.25) is 0 Å². The maximum atomic E-state index is 3.71. The fraction of sp³-hybridized carbons (Fsp3) is 1.00. The lowest BCUT2D eigenvalue weighted by molar-refractivity contribution is 0.185. The van der Waals surface area contributed by atoms with Crippen molar-refractivity contribution in [1.82, 2.24) is 10.2 Å². The van der Waals surface area contributed by atoms with E-state index in [9.17, 15) is 0 Å². The van der Waals surface area contributed by atoms with Crippen LogP contribution in [0.4, 0.5) is 0 Å². The molecule has 0 amide bonds. The summed E-state index contributed by atoms with van der Waals surface area (Å²) in [7, 11) is 0. The monoisotopic (exact) mass is 294 g/mol. The number of piperazine rings is 1. The summed E-state index contributed by atoms with van der Waals surface area (Å²) in [4.78, 5) is 2.71. The number of nitrogens with zero attached hydrogens (tertiary/aromatic N) is 1. The Labute approximate surface area is 133 Å². The number of hydrogen-bond donors (Lipinski definition) is 1. The lowest BCUT2D eigenvalue weighted by atomic mass is 10.1. The molecule has 2 nitrogen and oxygen atoms in total. The van der Waals surface area contributed by atoms with Crippen molar-refractivity contribution in [2.24, 2.45) is 5.92 Å². The highest BCUT2D eigenvalue weighted by Crippen LogP contribution is 2.33. The van der Waals surface area contributed by atoms with E-state index in [1.54, 1.807) is 0 Å². The first kappa shape index (κ1) is 17.3. The van der Waals surface area contributed by atoms with E-state index in [4.69, 9.17) is 0 Å². The fourth-order valence-corrected chi connectivity index (χ4v) is 3.68. The van der Waals surface area contributed by atoms with Crippen LogP contribution in [0.25, 0.3) is 0 Å². The predicted octanol–water partition coefficient (Wildman–Crippen LogP) is 4.59. The Morgan fingerprint density at radius 2 is 1.48 bits per heavy atom. The highest BCUT2D eigenvalue weighted by molar-refractivity contribution is 4.91. The molecule has 2 aliphatic rings. The van der Waals surface area contributed by atoms with Crippen molar-refractivity contribution in [2.75, 3.05) is 26.2 Å². The second-order valence-corrected chi connectivity index (χ2v) is 7.38. The second kappa shape index (κ2) is 10.6. The van der Waals surface area contributed by atoms with Gasteiger partial charge in [0.2, 0.25) is 0 Å². The average molecular weight is 295 g/mol. The van der Waals surface area contributed by atoms with Crippen LogP contribution in [-0.2, 0) is 0 Å². The molecule has 0 aromatic carbocycles. The largest absolute Gasteiger partial charge is 0.311 e. The highest BCUT2D eigenvalue weighted by atomic mass is 15.2. The van der Waals surface area contributed by atoms with Gasteiger partial charge >= 0.3 is 0 Å². The first-order chi connectivity index (χ1) is 10.4. The number of nitrogens with one attached hydrogen (secondary N) is 1. The Kier molecular flexibility index (Phi) is 8.73. The molecule has 124 valence electrons. The normalized spacial score (nSPS) is 23.6. The van der Waals surface area contributed by atoms with Gasteiger partial charge in [-0.15, -0.1) is 0 Å². The molecular formula is C19H38N2. The van der Waals surface area contributed by atoms with Crippen molar-refractivity contribution in [3.63, 3.8) is 0 Å². The van der Waals surface area contributed by atoms with E-state index < -0.39 is 0 Å². The smallest absolute Gasteiger partial charge is 0.0223 e.